The molecule has 5 heteroatoms. The van der Waals surface area contributed by atoms with E-state index < -0.39 is 12.7 Å². The highest BCUT2D eigenvalue weighted by Gasteiger charge is 2.46. The predicted octanol–water partition coefficient (Wildman–Crippen LogP) is 0.357. The van der Waals surface area contributed by atoms with E-state index in [1.807, 2.05) is 0 Å². The molecule has 2 fully saturated rings. The highest BCUT2D eigenvalue weighted by molar-refractivity contribution is 5.00. The molecule has 0 aliphatic carbocycles. The van der Waals surface area contributed by atoms with Gasteiger partial charge in [-0.25, -0.2) is 0 Å². The van der Waals surface area contributed by atoms with Crippen molar-refractivity contribution in [3.05, 3.63) is 0 Å². The summed E-state index contributed by atoms with van der Waals surface area (Å²) in [4.78, 5) is 0. The maximum atomic E-state index is 11.8. The second-order valence-electron chi connectivity index (χ2n) is 3.32. The topological polar surface area (TPSA) is 30.5 Å². The molecule has 2 saturated heterocycles. The summed E-state index contributed by atoms with van der Waals surface area (Å²) < 4.78 is 33.3. The highest BCUT2D eigenvalue weighted by atomic mass is 19.3. The molecule has 0 aromatic heterocycles. The van der Waals surface area contributed by atoms with E-state index in [2.05, 4.69) is 10.1 Å². The molecule has 2 heterocycles. The fraction of sp³-hybridized carbons (Fsp3) is 1.00. The monoisotopic (exact) mass is 179 g/mol. The number of hydrogen-bond donors (Lipinski definition) is 1. The van der Waals surface area contributed by atoms with Gasteiger partial charge in [0.25, 0.3) is 0 Å². The summed E-state index contributed by atoms with van der Waals surface area (Å²) >= 11 is 0. The Morgan fingerprint density at radius 2 is 2.25 bits per heavy atom. The van der Waals surface area contributed by atoms with Gasteiger partial charge >= 0.3 is 6.61 Å². The summed E-state index contributed by atoms with van der Waals surface area (Å²) in [5.74, 6) is 0. The Bertz CT molecular complexity index is 173. The van der Waals surface area contributed by atoms with Gasteiger partial charge in [-0.15, -0.1) is 0 Å². The van der Waals surface area contributed by atoms with Crippen molar-refractivity contribution in [2.45, 2.75) is 24.7 Å². The van der Waals surface area contributed by atoms with Gasteiger partial charge in [0.15, 0.2) is 0 Å². The van der Waals surface area contributed by atoms with E-state index in [-0.39, 0.29) is 5.60 Å². The first kappa shape index (κ1) is 8.34. The van der Waals surface area contributed by atoms with Crippen LogP contribution in [0.5, 0.6) is 0 Å². The van der Waals surface area contributed by atoms with Gasteiger partial charge in [0.05, 0.1) is 18.3 Å². The first-order valence-corrected chi connectivity index (χ1v) is 3.98. The van der Waals surface area contributed by atoms with Crippen LogP contribution in [0.2, 0.25) is 0 Å². The lowest BCUT2D eigenvalue weighted by molar-refractivity contribution is -0.161. The fourth-order valence-electron chi connectivity index (χ4n) is 1.69. The van der Waals surface area contributed by atoms with Crippen LogP contribution in [0.25, 0.3) is 0 Å². The number of hydrogen-bond acceptors (Lipinski definition) is 3. The number of halogens is 2. The van der Waals surface area contributed by atoms with E-state index >= 15 is 0 Å². The first-order valence-electron chi connectivity index (χ1n) is 3.98. The van der Waals surface area contributed by atoms with Crippen LogP contribution in [0.15, 0.2) is 0 Å². The highest BCUT2D eigenvalue weighted by Crippen LogP contribution is 2.31. The summed E-state index contributed by atoms with van der Waals surface area (Å²) in [5.41, 5.74) is -0.195. The maximum absolute atomic E-state index is 11.8. The molecular weight excluding hydrogens is 168 g/mol. The average molecular weight is 179 g/mol. The van der Waals surface area contributed by atoms with Crippen molar-refractivity contribution in [3.63, 3.8) is 0 Å². The number of ether oxygens (including phenoxy) is 2. The summed E-state index contributed by atoms with van der Waals surface area (Å²) in [6, 6.07) is 0. The Hall–Kier alpha value is -0.260. The molecule has 0 radical (unpaired) electrons. The van der Waals surface area contributed by atoms with Crippen LogP contribution < -0.4 is 5.32 Å². The van der Waals surface area contributed by atoms with Crippen LogP contribution in [-0.2, 0) is 9.47 Å². The third kappa shape index (κ3) is 1.44. The van der Waals surface area contributed by atoms with E-state index in [1.54, 1.807) is 0 Å². The molecule has 12 heavy (non-hydrogen) atoms. The first-order chi connectivity index (χ1) is 5.70. The van der Waals surface area contributed by atoms with E-state index in [4.69, 9.17) is 4.74 Å². The van der Waals surface area contributed by atoms with E-state index in [1.165, 1.54) is 0 Å². The normalized spacial score (nSPS) is 32.8. The van der Waals surface area contributed by atoms with Crippen molar-refractivity contribution < 1.29 is 18.3 Å². The molecule has 0 aromatic carbocycles. The molecule has 0 bridgehead atoms. The SMILES string of the molecule is FC(F)OC1COC2(CNC2)C1. The van der Waals surface area contributed by atoms with Crippen LogP contribution in [0, 0.1) is 0 Å². The summed E-state index contributed by atoms with van der Waals surface area (Å²) in [5, 5.41) is 3.05. The van der Waals surface area contributed by atoms with Crippen molar-refractivity contribution in [2.24, 2.45) is 0 Å². The van der Waals surface area contributed by atoms with Crippen molar-refractivity contribution >= 4 is 0 Å². The van der Waals surface area contributed by atoms with Crippen molar-refractivity contribution in [2.75, 3.05) is 19.7 Å². The summed E-state index contributed by atoms with van der Waals surface area (Å²) in [7, 11) is 0. The lowest BCUT2D eigenvalue weighted by Crippen LogP contribution is -2.59. The second kappa shape index (κ2) is 2.90. The molecule has 3 nitrogen and oxygen atoms in total. The lowest BCUT2D eigenvalue weighted by atomic mass is 9.93. The zero-order chi connectivity index (χ0) is 8.60. The Kier molecular flexibility index (Phi) is 2.02. The Morgan fingerprint density at radius 1 is 1.50 bits per heavy atom. The molecule has 1 spiro atoms. The third-order valence-corrected chi connectivity index (χ3v) is 2.36. The van der Waals surface area contributed by atoms with E-state index in [0.717, 1.165) is 13.1 Å². The molecule has 2 aliphatic heterocycles. The Morgan fingerprint density at radius 3 is 2.67 bits per heavy atom. The average Bonchev–Trinajstić information content (AvgIpc) is 2.29. The molecule has 0 aromatic rings. The van der Waals surface area contributed by atoms with Crippen LogP contribution in [0.4, 0.5) is 8.78 Å². The predicted molar refractivity (Wildman–Crippen MR) is 37.0 cm³/mol. The minimum atomic E-state index is -2.68. The van der Waals surface area contributed by atoms with Crippen LogP contribution in [-0.4, -0.2) is 38.0 Å². The number of alkyl halides is 2. The van der Waals surface area contributed by atoms with Gasteiger partial charge in [0.2, 0.25) is 0 Å². The smallest absolute Gasteiger partial charge is 0.345 e. The van der Waals surface area contributed by atoms with Crippen molar-refractivity contribution in [3.8, 4) is 0 Å². The quantitative estimate of drug-likeness (QED) is 0.663. The van der Waals surface area contributed by atoms with Gasteiger partial charge in [-0.05, 0) is 0 Å². The second-order valence-corrected chi connectivity index (χ2v) is 3.32. The van der Waals surface area contributed by atoms with Gasteiger partial charge in [-0.2, -0.15) is 8.78 Å². The van der Waals surface area contributed by atoms with Crippen molar-refractivity contribution in [1.29, 1.82) is 0 Å². The third-order valence-electron chi connectivity index (χ3n) is 2.36. The van der Waals surface area contributed by atoms with E-state index in [0.29, 0.717) is 13.0 Å². The largest absolute Gasteiger partial charge is 0.370 e. The lowest BCUT2D eigenvalue weighted by Gasteiger charge is -2.37. The Labute approximate surface area is 69.0 Å². The van der Waals surface area contributed by atoms with Crippen LogP contribution >= 0.6 is 0 Å². The summed E-state index contributed by atoms with van der Waals surface area (Å²) in [6.07, 6.45) is 0.164. The van der Waals surface area contributed by atoms with Gasteiger partial charge in [0, 0.05) is 19.5 Å². The molecule has 2 aliphatic rings. The van der Waals surface area contributed by atoms with Gasteiger partial charge in [-0.1, -0.05) is 0 Å². The number of nitrogens with one attached hydrogen (secondary N) is 1. The molecule has 1 N–H and O–H groups in total. The standard InChI is InChI=1S/C7H11F2NO2/c8-6(9)12-5-1-7(11-2-5)3-10-4-7/h5-6,10H,1-4H2. The van der Waals surface area contributed by atoms with Crippen LogP contribution in [0.1, 0.15) is 6.42 Å². The zero-order valence-electron chi connectivity index (χ0n) is 6.56. The molecule has 0 saturated carbocycles. The zero-order valence-corrected chi connectivity index (χ0v) is 6.56. The minimum absolute atomic E-state index is 0.195. The van der Waals surface area contributed by atoms with Gasteiger partial charge in [0.1, 0.15) is 0 Å². The van der Waals surface area contributed by atoms with Gasteiger partial charge in [-0.3, -0.25) is 0 Å². The summed E-state index contributed by atoms with van der Waals surface area (Å²) in [6.45, 7) is -0.861. The molecule has 1 unspecified atom stereocenters. The molecule has 70 valence electrons. The molecule has 1 atom stereocenters. The fourth-order valence-corrected chi connectivity index (χ4v) is 1.69. The molecule has 2 rings (SSSR count). The maximum Gasteiger partial charge on any atom is 0.345 e. The number of rotatable bonds is 2. The molecular formula is C7H11F2NO2. The van der Waals surface area contributed by atoms with Gasteiger partial charge < -0.3 is 14.8 Å². The van der Waals surface area contributed by atoms with Crippen molar-refractivity contribution in [1.82, 2.24) is 5.32 Å². The van der Waals surface area contributed by atoms with E-state index in [9.17, 15) is 8.78 Å². The minimum Gasteiger partial charge on any atom is -0.370 e. The molecule has 0 amide bonds. The van der Waals surface area contributed by atoms with Crippen LogP contribution in [0.3, 0.4) is 0 Å². The Balaban J connectivity index is 1.81.